The van der Waals surface area contributed by atoms with Crippen molar-refractivity contribution in [3.8, 4) is 5.75 Å². The molecular formula is C14H10Cl2O5S. The van der Waals surface area contributed by atoms with E-state index in [0.29, 0.717) is 0 Å². The van der Waals surface area contributed by atoms with Crippen LogP contribution in [0.25, 0.3) is 0 Å². The number of carbonyl (C=O) groups is 1. The Morgan fingerprint density at radius 2 is 1.77 bits per heavy atom. The van der Waals surface area contributed by atoms with Crippen LogP contribution in [-0.4, -0.2) is 21.5 Å². The van der Waals surface area contributed by atoms with Crippen LogP contribution >= 0.6 is 23.2 Å². The minimum Gasteiger partial charge on any atom is -0.465 e. The fourth-order valence-corrected chi connectivity index (χ4v) is 2.91. The molecule has 116 valence electrons. The van der Waals surface area contributed by atoms with Gasteiger partial charge in [0.05, 0.1) is 22.7 Å². The highest BCUT2D eigenvalue weighted by atomic mass is 35.5. The summed E-state index contributed by atoms with van der Waals surface area (Å²) in [6.07, 6.45) is 0. The average molecular weight is 361 g/mol. The molecule has 0 aliphatic heterocycles. The van der Waals surface area contributed by atoms with Gasteiger partial charge in [-0.3, -0.25) is 0 Å². The first-order chi connectivity index (χ1) is 10.3. The van der Waals surface area contributed by atoms with Gasteiger partial charge in [-0.15, -0.1) is 0 Å². The van der Waals surface area contributed by atoms with E-state index in [9.17, 15) is 13.2 Å². The van der Waals surface area contributed by atoms with Crippen LogP contribution < -0.4 is 4.18 Å². The lowest BCUT2D eigenvalue weighted by atomic mass is 10.2. The Bertz CT molecular complexity index is 818. The van der Waals surface area contributed by atoms with Gasteiger partial charge in [0.15, 0.2) is 0 Å². The van der Waals surface area contributed by atoms with Crippen molar-refractivity contribution >= 4 is 39.3 Å². The summed E-state index contributed by atoms with van der Waals surface area (Å²) in [4.78, 5) is 11.3. The maximum Gasteiger partial charge on any atom is 0.339 e. The van der Waals surface area contributed by atoms with Crippen molar-refractivity contribution in [1.82, 2.24) is 0 Å². The fraction of sp³-hybridized carbons (Fsp3) is 0.0714. The van der Waals surface area contributed by atoms with Gasteiger partial charge < -0.3 is 8.92 Å². The summed E-state index contributed by atoms with van der Waals surface area (Å²) in [6, 6.07) is 9.43. The predicted molar refractivity (Wildman–Crippen MR) is 82.1 cm³/mol. The van der Waals surface area contributed by atoms with Gasteiger partial charge in [-0.25, -0.2) is 4.79 Å². The molecule has 2 rings (SSSR count). The molecule has 2 aromatic carbocycles. The van der Waals surface area contributed by atoms with Crippen LogP contribution in [0, 0.1) is 0 Å². The van der Waals surface area contributed by atoms with Crippen LogP contribution in [-0.2, 0) is 14.9 Å². The van der Waals surface area contributed by atoms with Crippen LogP contribution in [0.4, 0.5) is 0 Å². The SMILES string of the molecule is COC(=O)c1cccc(OS(=O)(=O)c2ccc(Cl)c(Cl)c2)c1. The largest absolute Gasteiger partial charge is 0.465 e. The van der Waals surface area contributed by atoms with E-state index >= 15 is 0 Å². The number of hydrogen-bond acceptors (Lipinski definition) is 5. The van der Waals surface area contributed by atoms with Crippen LogP contribution in [0.3, 0.4) is 0 Å². The topological polar surface area (TPSA) is 69.7 Å². The van der Waals surface area contributed by atoms with Gasteiger partial charge in [-0.1, -0.05) is 29.3 Å². The first-order valence-electron chi connectivity index (χ1n) is 5.91. The third-order valence-electron chi connectivity index (χ3n) is 2.64. The van der Waals surface area contributed by atoms with E-state index in [0.717, 1.165) is 0 Å². The van der Waals surface area contributed by atoms with Crippen molar-refractivity contribution in [1.29, 1.82) is 0 Å². The first-order valence-corrected chi connectivity index (χ1v) is 8.08. The van der Waals surface area contributed by atoms with Crippen molar-refractivity contribution in [2.45, 2.75) is 4.90 Å². The molecule has 5 nitrogen and oxygen atoms in total. The molecular weight excluding hydrogens is 351 g/mol. The third-order valence-corrected chi connectivity index (χ3v) is 4.62. The normalized spacial score (nSPS) is 11.0. The van der Waals surface area contributed by atoms with E-state index in [1.165, 1.54) is 49.6 Å². The molecule has 0 atom stereocenters. The Kier molecular flexibility index (Phi) is 4.95. The van der Waals surface area contributed by atoms with Gasteiger partial charge in [-0.05, 0) is 36.4 Å². The molecule has 0 aromatic heterocycles. The Balaban J connectivity index is 2.32. The predicted octanol–water partition coefficient (Wildman–Crippen LogP) is 3.55. The minimum absolute atomic E-state index is 0.0195. The van der Waals surface area contributed by atoms with Gasteiger partial charge in [0.25, 0.3) is 0 Å². The summed E-state index contributed by atoms with van der Waals surface area (Å²) in [6.45, 7) is 0. The maximum absolute atomic E-state index is 12.2. The minimum atomic E-state index is -4.10. The Labute approximate surface area is 137 Å². The molecule has 0 saturated carbocycles. The van der Waals surface area contributed by atoms with E-state index in [2.05, 4.69) is 4.74 Å². The number of methoxy groups -OCH3 is 1. The zero-order valence-corrected chi connectivity index (χ0v) is 13.6. The van der Waals surface area contributed by atoms with Crippen molar-refractivity contribution < 1.29 is 22.1 Å². The Hall–Kier alpha value is -1.76. The third kappa shape index (κ3) is 3.71. The smallest absolute Gasteiger partial charge is 0.339 e. The van der Waals surface area contributed by atoms with Gasteiger partial charge in [0.1, 0.15) is 10.6 Å². The molecule has 2 aromatic rings. The van der Waals surface area contributed by atoms with Gasteiger partial charge >= 0.3 is 16.1 Å². The van der Waals surface area contributed by atoms with E-state index in [1.807, 2.05) is 0 Å². The number of ether oxygens (including phenoxy) is 1. The fourth-order valence-electron chi connectivity index (χ4n) is 1.60. The highest BCUT2D eigenvalue weighted by molar-refractivity contribution is 7.87. The van der Waals surface area contributed by atoms with Crippen molar-refractivity contribution in [2.75, 3.05) is 7.11 Å². The lowest BCUT2D eigenvalue weighted by molar-refractivity contribution is 0.0600. The van der Waals surface area contributed by atoms with E-state index in [1.54, 1.807) is 0 Å². The van der Waals surface area contributed by atoms with E-state index in [4.69, 9.17) is 27.4 Å². The number of rotatable bonds is 4. The molecule has 0 bridgehead atoms. The summed E-state index contributed by atoms with van der Waals surface area (Å²) < 4.78 is 33.9. The van der Waals surface area contributed by atoms with Crippen molar-refractivity contribution in [2.24, 2.45) is 0 Å². The van der Waals surface area contributed by atoms with E-state index in [-0.39, 0.29) is 26.3 Å². The summed E-state index contributed by atoms with van der Waals surface area (Å²) in [7, 11) is -2.87. The second kappa shape index (κ2) is 6.56. The number of carbonyl (C=O) groups excluding carboxylic acids is 1. The number of esters is 1. The number of benzene rings is 2. The molecule has 0 spiro atoms. The van der Waals surface area contributed by atoms with Crippen LogP contribution in [0.5, 0.6) is 5.75 Å². The summed E-state index contributed by atoms with van der Waals surface area (Å²) in [5, 5.41) is 0.322. The summed E-state index contributed by atoms with van der Waals surface area (Å²) in [5.74, 6) is -0.619. The lowest BCUT2D eigenvalue weighted by Crippen LogP contribution is -2.10. The second-order valence-corrected chi connectivity index (χ2v) is 6.49. The zero-order valence-electron chi connectivity index (χ0n) is 11.2. The quantitative estimate of drug-likeness (QED) is 0.615. The van der Waals surface area contributed by atoms with Gasteiger partial charge in [-0.2, -0.15) is 8.42 Å². The molecule has 0 saturated heterocycles. The summed E-state index contributed by atoms with van der Waals surface area (Å²) >= 11 is 11.5. The monoisotopic (exact) mass is 360 g/mol. The molecule has 0 amide bonds. The highest BCUT2D eigenvalue weighted by Gasteiger charge is 2.19. The molecule has 8 heteroatoms. The zero-order chi connectivity index (χ0) is 16.3. The molecule has 0 aliphatic carbocycles. The molecule has 0 heterocycles. The number of hydrogen-bond donors (Lipinski definition) is 0. The summed E-state index contributed by atoms with van der Waals surface area (Å²) in [5.41, 5.74) is 0.171. The maximum atomic E-state index is 12.2. The molecule has 0 N–H and O–H groups in total. The van der Waals surface area contributed by atoms with Crippen molar-refractivity contribution in [3.05, 3.63) is 58.1 Å². The first kappa shape index (κ1) is 16.6. The van der Waals surface area contributed by atoms with Gasteiger partial charge in [0.2, 0.25) is 0 Å². The van der Waals surface area contributed by atoms with Crippen LogP contribution in [0.15, 0.2) is 47.4 Å². The second-order valence-electron chi connectivity index (χ2n) is 4.13. The van der Waals surface area contributed by atoms with Crippen LogP contribution in [0.1, 0.15) is 10.4 Å². The van der Waals surface area contributed by atoms with Crippen molar-refractivity contribution in [3.63, 3.8) is 0 Å². The lowest BCUT2D eigenvalue weighted by Gasteiger charge is -2.08. The Morgan fingerprint density at radius 1 is 1.05 bits per heavy atom. The number of halogens is 2. The standard InChI is InChI=1S/C14H10Cl2O5S/c1-20-14(17)9-3-2-4-10(7-9)21-22(18,19)11-5-6-12(15)13(16)8-11/h2-8H,1H3. The molecule has 0 fully saturated rings. The van der Waals surface area contributed by atoms with Crippen LogP contribution in [0.2, 0.25) is 10.0 Å². The Morgan fingerprint density at radius 3 is 2.41 bits per heavy atom. The van der Waals surface area contributed by atoms with Gasteiger partial charge in [0, 0.05) is 0 Å². The molecule has 22 heavy (non-hydrogen) atoms. The highest BCUT2D eigenvalue weighted by Crippen LogP contribution is 2.27. The average Bonchev–Trinajstić information content (AvgIpc) is 2.49. The molecule has 0 radical (unpaired) electrons. The van der Waals surface area contributed by atoms with E-state index < -0.39 is 16.1 Å². The molecule has 0 aliphatic rings. The molecule has 0 unspecified atom stereocenters.